The van der Waals surface area contributed by atoms with Gasteiger partial charge in [0.2, 0.25) is 35.0 Å². The Hall–Kier alpha value is -5.57. The maximum Gasteiger partial charge on any atom is 0.349 e. The fraction of sp³-hybridized carbons (Fsp3) is 0.125. The van der Waals surface area contributed by atoms with Crippen LogP contribution in [0.3, 0.4) is 0 Å². The molecule has 1 heterocycles. The molecule has 4 aromatic rings. The molecule has 4 aromatic carbocycles. The van der Waals surface area contributed by atoms with Gasteiger partial charge < -0.3 is 24.7 Å². The Balaban J connectivity index is 1.34. The minimum absolute atomic E-state index is 0.114. The molecule has 0 bridgehead atoms. The largest absolute Gasteiger partial charge is 0.489 e. The van der Waals surface area contributed by atoms with Crippen LogP contribution in [-0.4, -0.2) is 12.6 Å². The minimum Gasteiger partial charge on any atom is -0.489 e. The van der Waals surface area contributed by atoms with Gasteiger partial charge in [-0.15, -0.1) is 0 Å². The standard InChI is InChI=1S/C32H21F5N2O5/c1-16-5-7-17(8-6-16)14-41-19-4-2-3-18(11-19)25-21-10-9-20(12-23(21)44-32(39)22(25)13-38)43-24(40)15-42-31-29(36)27(34)26(33)28(35)30(31)37/h2-12,25H,14-15,39H2,1H3. The van der Waals surface area contributed by atoms with Gasteiger partial charge in [0, 0.05) is 11.6 Å². The zero-order valence-electron chi connectivity index (χ0n) is 22.8. The predicted molar refractivity (Wildman–Crippen MR) is 145 cm³/mol. The number of carbonyl (C=O) groups is 1. The summed E-state index contributed by atoms with van der Waals surface area (Å²) in [7, 11) is 0. The molecule has 224 valence electrons. The van der Waals surface area contributed by atoms with E-state index >= 15 is 0 Å². The summed E-state index contributed by atoms with van der Waals surface area (Å²) in [5, 5.41) is 9.87. The van der Waals surface area contributed by atoms with E-state index in [1.807, 2.05) is 31.2 Å². The summed E-state index contributed by atoms with van der Waals surface area (Å²) < 4.78 is 88.9. The van der Waals surface area contributed by atoms with Gasteiger partial charge in [-0.1, -0.05) is 48.0 Å². The van der Waals surface area contributed by atoms with Crippen LogP contribution in [-0.2, 0) is 11.4 Å². The van der Waals surface area contributed by atoms with Crippen molar-refractivity contribution in [3.05, 3.63) is 130 Å². The summed E-state index contributed by atoms with van der Waals surface area (Å²) in [5.41, 5.74) is 9.46. The third-order valence-electron chi connectivity index (χ3n) is 6.64. The number of rotatable bonds is 8. The number of carbonyl (C=O) groups excluding carboxylic acids is 1. The van der Waals surface area contributed by atoms with E-state index in [-0.39, 0.29) is 23.0 Å². The van der Waals surface area contributed by atoms with Crippen molar-refractivity contribution in [1.29, 1.82) is 5.26 Å². The van der Waals surface area contributed by atoms with Crippen LogP contribution in [0.5, 0.6) is 23.0 Å². The summed E-state index contributed by atoms with van der Waals surface area (Å²) in [6.45, 7) is 1.12. The van der Waals surface area contributed by atoms with Crippen LogP contribution in [0, 0.1) is 47.3 Å². The van der Waals surface area contributed by atoms with E-state index in [9.17, 15) is 32.0 Å². The van der Waals surface area contributed by atoms with Crippen molar-refractivity contribution < 1.29 is 45.7 Å². The topological polar surface area (TPSA) is 104 Å². The number of ether oxygens (including phenoxy) is 4. The highest BCUT2D eigenvalue weighted by Crippen LogP contribution is 2.44. The number of hydrogen-bond donors (Lipinski definition) is 1. The number of esters is 1. The van der Waals surface area contributed by atoms with Crippen molar-refractivity contribution >= 4 is 5.97 Å². The van der Waals surface area contributed by atoms with E-state index in [4.69, 9.17) is 19.9 Å². The number of nitrogens with zero attached hydrogens (tertiary/aromatic N) is 1. The van der Waals surface area contributed by atoms with E-state index in [2.05, 4.69) is 10.8 Å². The number of aryl methyl sites for hydroxylation is 1. The Bertz CT molecular complexity index is 1810. The quantitative estimate of drug-likeness (QED) is 0.0804. The zero-order chi connectivity index (χ0) is 31.5. The third kappa shape index (κ3) is 5.98. The SMILES string of the molecule is Cc1ccc(COc2cccc(C3C(C#N)=C(N)Oc4cc(OC(=O)COc5c(F)c(F)c(F)c(F)c5F)ccc43)c2)cc1. The Kier molecular flexibility index (Phi) is 8.39. The number of hydrogen-bond acceptors (Lipinski definition) is 7. The lowest BCUT2D eigenvalue weighted by Crippen LogP contribution is -2.22. The lowest BCUT2D eigenvalue weighted by molar-refractivity contribution is -0.136. The van der Waals surface area contributed by atoms with Gasteiger partial charge in [-0.25, -0.2) is 18.0 Å². The molecule has 0 aliphatic carbocycles. The van der Waals surface area contributed by atoms with E-state index in [1.165, 1.54) is 18.2 Å². The maximum atomic E-state index is 13.8. The number of nitriles is 1. The molecule has 0 aromatic heterocycles. The van der Waals surface area contributed by atoms with Gasteiger partial charge in [0.1, 0.15) is 35.5 Å². The summed E-state index contributed by atoms with van der Waals surface area (Å²) in [5.74, 6) is -14.4. The Morgan fingerprint density at radius 2 is 1.57 bits per heavy atom. The first kappa shape index (κ1) is 29.9. The molecule has 12 heteroatoms. The molecule has 1 aliphatic rings. The second kappa shape index (κ2) is 12.3. The molecule has 2 N–H and O–H groups in total. The van der Waals surface area contributed by atoms with Crippen molar-refractivity contribution in [2.75, 3.05) is 6.61 Å². The second-order valence-electron chi connectivity index (χ2n) is 9.63. The normalized spacial score (nSPS) is 13.9. The maximum absolute atomic E-state index is 13.8. The molecule has 0 saturated heterocycles. The average molecular weight is 609 g/mol. The molecule has 1 unspecified atom stereocenters. The van der Waals surface area contributed by atoms with Crippen molar-refractivity contribution in [2.24, 2.45) is 5.73 Å². The first-order valence-electron chi connectivity index (χ1n) is 12.9. The molecule has 44 heavy (non-hydrogen) atoms. The number of fused-ring (bicyclic) bond motifs is 1. The highest BCUT2D eigenvalue weighted by Gasteiger charge is 2.32. The Labute approximate surface area is 247 Å². The Morgan fingerprint density at radius 1 is 0.886 bits per heavy atom. The molecule has 1 atom stereocenters. The fourth-order valence-electron chi connectivity index (χ4n) is 4.48. The Morgan fingerprint density at radius 3 is 2.25 bits per heavy atom. The van der Waals surface area contributed by atoms with E-state index in [1.54, 1.807) is 24.3 Å². The van der Waals surface area contributed by atoms with Gasteiger partial charge in [-0.2, -0.15) is 14.0 Å². The first-order chi connectivity index (χ1) is 21.1. The molecule has 0 saturated carbocycles. The summed E-state index contributed by atoms with van der Waals surface area (Å²) in [6.07, 6.45) is 0. The van der Waals surface area contributed by atoms with Crippen LogP contribution >= 0.6 is 0 Å². The lowest BCUT2D eigenvalue weighted by Gasteiger charge is -2.27. The average Bonchev–Trinajstić information content (AvgIpc) is 3.02. The van der Waals surface area contributed by atoms with Gasteiger partial charge in [0.25, 0.3) is 0 Å². The zero-order valence-corrected chi connectivity index (χ0v) is 22.8. The monoisotopic (exact) mass is 608 g/mol. The van der Waals surface area contributed by atoms with Crippen LogP contribution in [0.25, 0.3) is 0 Å². The predicted octanol–water partition coefficient (Wildman–Crippen LogP) is 6.47. The molecule has 7 nitrogen and oxygen atoms in total. The molecule has 0 amide bonds. The highest BCUT2D eigenvalue weighted by molar-refractivity contribution is 5.74. The van der Waals surface area contributed by atoms with Crippen LogP contribution in [0.4, 0.5) is 22.0 Å². The van der Waals surface area contributed by atoms with Crippen LogP contribution in [0.1, 0.15) is 28.2 Å². The molecule has 1 aliphatic heterocycles. The van der Waals surface area contributed by atoms with Crippen LogP contribution in [0.15, 0.2) is 78.2 Å². The minimum atomic E-state index is -2.36. The second-order valence-corrected chi connectivity index (χ2v) is 9.63. The summed E-state index contributed by atoms with van der Waals surface area (Å²) in [6, 6.07) is 21.2. The number of benzene rings is 4. The first-order valence-corrected chi connectivity index (χ1v) is 12.9. The number of nitrogens with two attached hydrogens (primary N) is 1. The number of halogens is 5. The molecule has 0 radical (unpaired) electrons. The van der Waals surface area contributed by atoms with Crippen molar-refractivity contribution in [2.45, 2.75) is 19.4 Å². The van der Waals surface area contributed by atoms with Gasteiger partial charge in [0.05, 0.1) is 5.92 Å². The molecule has 0 spiro atoms. The van der Waals surface area contributed by atoms with E-state index in [0.717, 1.165) is 11.1 Å². The van der Waals surface area contributed by atoms with Crippen molar-refractivity contribution in [3.8, 4) is 29.1 Å². The van der Waals surface area contributed by atoms with E-state index < -0.39 is 53.3 Å². The van der Waals surface area contributed by atoms with E-state index in [0.29, 0.717) is 23.5 Å². The van der Waals surface area contributed by atoms with Crippen LogP contribution < -0.4 is 24.7 Å². The van der Waals surface area contributed by atoms with Gasteiger partial charge >= 0.3 is 5.97 Å². The van der Waals surface area contributed by atoms with Crippen LogP contribution in [0.2, 0.25) is 0 Å². The van der Waals surface area contributed by atoms with Gasteiger partial charge in [0.15, 0.2) is 12.4 Å². The molecular weight excluding hydrogens is 587 g/mol. The van der Waals surface area contributed by atoms with Gasteiger partial charge in [-0.05, 0) is 36.2 Å². The lowest BCUT2D eigenvalue weighted by atomic mass is 9.83. The molecule has 0 fully saturated rings. The smallest absolute Gasteiger partial charge is 0.349 e. The highest BCUT2D eigenvalue weighted by atomic mass is 19.2. The molecular formula is C32H21F5N2O5. The number of allylic oxidation sites excluding steroid dienone is 1. The third-order valence-corrected chi connectivity index (χ3v) is 6.64. The van der Waals surface area contributed by atoms with Crippen molar-refractivity contribution in [3.63, 3.8) is 0 Å². The summed E-state index contributed by atoms with van der Waals surface area (Å²) >= 11 is 0. The molecule has 5 rings (SSSR count). The van der Waals surface area contributed by atoms with Crippen molar-refractivity contribution in [1.82, 2.24) is 0 Å². The fourth-order valence-corrected chi connectivity index (χ4v) is 4.48. The summed E-state index contributed by atoms with van der Waals surface area (Å²) in [4.78, 5) is 12.3. The van der Waals surface area contributed by atoms with Gasteiger partial charge in [-0.3, -0.25) is 0 Å².